The van der Waals surface area contributed by atoms with Crippen LogP contribution in [0, 0.1) is 0 Å². The van der Waals surface area contributed by atoms with Gasteiger partial charge in [0.25, 0.3) is 0 Å². The summed E-state index contributed by atoms with van der Waals surface area (Å²) < 4.78 is 31.4. The van der Waals surface area contributed by atoms with E-state index in [4.69, 9.17) is 16.3 Å². The summed E-state index contributed by atoms with van der Waals surface area (Å²) in [6, 6.07) is 6.06. The smallest absolute Gasteiger partial charge is 0.240 e. The van der Waals surface area contributed by atoms with Crippen LogP contribution in [0.15, 0.2) is 29.2 Å². The number of nitrogens with one attached hydrogen (secondary N) is 1. The lowest BCUT2D eigenvalue weighted by molar-refractivity contribution is 0.414. The van der Waals surface area contributed by atoms with Crippen LogP contribution in [0.3, 0.4) is 0 Å². The molecule has 1 N–H and O–H groups in total. The van der Waals surface area contributed by atoms with Gasteiger partial charge in [0, 0.05) is 11.9 Å². The van der Waals surface area contributed by atoms with Crippen LogP contribution < -0.4 is 9.46 Å². The summed E-state index contributed by atoms with van der Waals surface area (Å²) in [5.74, 6) is 1.05. The molecule has 4 nitrogen and oxygen atoms in total. The van der Waals surface area contributed by atoms with E-state index >= 15 is 0 Å². The number of sulfonamides is 1. The van der Waals surface area contributed by atoms with E-state index in [-0.39, 0.29) is 10.9 Å². The maximum absolute atomic E-state index is 11.9. The summed E-state index contributed by atoms with van der Waals surface area (Å²) in [4.78, 5) is 0.222. The van der Waals surface area contributed by atoms with Crippen LogP contribution in [0.1, 0.15) is 13.3 Å². The molecule has 0 aliphatic rings. The summed E-state index contributed by atoms with van der Waals surface area (Å²) in [6.07, 6.45) is 0.594. The number of methoxy groups -OCH3 is 1. The van der Waals surface area contributed by atoms with Gasteiger partial charge in [0.05, 0.1) is 12.0 Å². The minimum atomic E-state index is -3.47. The van der Waals surface area contributed by atoms with Crippen molar-refractivity contribution in [2.45, 2.75) is 24.3 Å². The molecule has 0 aliphatic carbocycles. The Kier molecular flexibility index (Phi) is 5.24. The molecule has 0 bridgehead atoms. The Morgan fingerprint density at radius 2 is 1.94 bits per heavy atom. The van der Waals surface area contributed by atoms with Crippen LogP contribution in [0.5, 0.6) is 5.75 Å². The van der Waals surface area contributed by atoms with E-state index in [1.54, 1.807) is 19.1 Å². The zero-order chi connectivity index (χ0) is 12.9. The fourth-order valence-electron chi connectivity index (χ4n) is 1.31. The van der Waals surface area contributed by atoms with Crippen LogP contribution in [-0.2, 0) is 10.0 Å². The van der Waals surface area contributed by atoms with Crippen molar-refractivity contribution in [3.8, 4) is 5.75 Å². The highest BCUT2D eigenvalue weighted by molar-refractivity contribution is 7.89. The molecule has 17 heavy (non-hydrogen) atoms. The molecule has 0 radical (unpaired) electrons. The Morgan fingerprint density at radius 3 is 2.41 bits per heavy atom. The van der Waals surface area contributed by atoms with Crippen molar-refractivity contribution in [3.05, 3.63) is 24.3 Å². The van der Waals surface area contributed by atoms with Crippen LogP contribution in [0.2, 0.25) is 0 Å². The molecule has 0 aromatic heterocycles. The van der Waals surface area contributed by atoms with Gasteiger partial charge in [-0.25, -0.2) is 13.1 Å². The van der Waals surface area contributed by atoms with Gasteiger partial charge in [-0.05, 0) is 37.6 Å². The number of benzene rings is 1. The molecule has 1 aromatic carbocycles. The van der Waals surface area contributed by atoms with Gasteiger partial charge in [0.2, 0.25) is 10.0 Å². The first kappa shape index (κ1) is 14.3. The van der Waals surface area contributed by atoms with Crippen LogP contribution in [-0.4, -0.2) is 27.4 Å². The van der Waals surface area contributed by atoms with Crippen molar-refractivity contribution in [1.29, 1.82) is 0 Å². The molecular weight excluding hydrogens is 262 g/mol. The number of ether oxygens (including phenoxy) is 1. The fourth-order valence-corrected chi connectivity index (χ4v) is 2.92. The monoisotopic (exact) mass is 277 g/mol. The molecule has 1 rings (SSSR count). The van der Waals surface area contributed by atoms with Crippen LogP contribution >= 0.6 is 11.6 Å². The van der Waals surface area contributed by atoms with Crippen LogP contribution in [0.25, 0.3) is 0 Å². The molecule has 1 atom stereocenters. The quantitative estimate of drug-likeness (QED) is 0.809. The van der Waals surface area contributed by atoms with Crippen molar-refractivity contribution >= 4 is 21.6 Å². The molecule has 96 valence electrons. The minimum Gasteiger partial charge on any atom is -0.497 e. The second-order valence-corrected chi connectivity index (χ2v) is 5.77. The minimum absolute atomic E-state index is 0.181. The lowest BCUT2D eigenvalue weighted by Crippen LogP contribution is -2.32. The predicted octanol–water partition coefficient (Wildman–Crippen LogP) is 1.99. The predicted molar refractivity (Wildman–Crippen MR) is 68.1 cm³/mol. The van der Waals surface area contributed by atoms with Gasteiger partial charge in [0.1, 0.15) is 5.75 Å². The lowest BCUT2D eigenvalue weighted by Gasteiger charge is -2.13. The van der Waals surface area contributed by atoms with Gasteiger partial charge >= 0.3 is 0 Å². The Balaban J connectivity index is 2.82. The number of rotatable bonds is 6. The van der Waals surface area contributed by atoms with Crippen molar-refractivity contribution in [2.75, 3.05) is 13.0 Å². The van der Waals surface area contributed by atoms with Crippen molar-refractivity contribution in [3.63, 3.8) is 0 Å². The number of hydrogen-bond acceptors (Lipinski definition) is 3. The molecule has 0 saturated heterocycles. The van der Waals surface area contributed by atoms with Gasteiger partial charge in [-0.2, -0.15) is 0 Å². The average molecular weight is 278 g/mol. The standard InChI is InChI=1S/C11H16ClNO3S/c1-9(7-8-12)13-17(14,15)11-5-3-10(16-2)4-6-11/h3-6,9,13H,7-8H2,1-2H3. The Bertz CT molecular complexity index is 444. The zero-order valence-corrected chi connectivity index (χ0v) is 11.4. The molecule has 0 saturated carbocycles. The molecule has 1 unspecified atom stereocenters. The third kappa shape index (κ3) is 4.18. The van der Waals surface area contributed by atoms with Gasteiger partial charge in [-0.3, -0.25) is 0 Å². The highest BCUT2D eigenvalue weighted by Gasteiger charge is 2.16. The third-order valence-electron chi connectivity index (χ3n) is 2.27. The maximum atomic E-state index is 11.9. The zero-order valence-electron chi connectivity index (χ0n) is 9.81. The number of hydrogen-bond donors (Lipinski definition) is 1. The molecule has 0 fully saturated rings. The molecule has 6 heteroatoms. The first-order chi connectivity index (χ1) is 7.99. The SMILES string of the molecule is COc1ccc(S(=O)(=O)NC(C)CCCl)cc1. The number of alkyl halides is 1. The van der Waals surface area contributed by atoms with Gasteiger partial charge in [0.15, 0.2) is 0 Å². The molecule has 0 aliphatic heterocycles. The Morgan fingerprint density at radius 1 is 1.35 bits per heavy atom. The van der Waals surface area contributed by atoms with E-state index < -0.39 is 10.0 Å². The maximum Gasteiger partial charge on any atom is 0.240 e. The molecule has 0 amide bonds. The second-order valence-electron chi connectivity index (χ2n) is 3.68. The molecule has 1 aromatic rings. The Labute approximate surface area is 107 Å². The van der Waals surface area contributed by atoms with Gasteiger partial charge in [-0.15, -0.1) is 11.6 Å². The largest absolute Gasteiger partial charge is 0.497 e. The first-order valence-electron chi connectivity index (χ1n) is 5.22. The summed E-state index contributed by atoms with van der Waals surface area (Å²) in [6.45, 7) is 1.78. The van der Waals surface area contributed by atoms with Crippen molar-refractivity contribution < 1.29 is 13.2 Å². The van der Waals surface area contributed by atoms with Crippen LogP contribution in [0.4, 0.5) is 0 Å². The van der Waals surface area contributed by atoms with E-state index in [2.05, 4.69) is 4.72 Å². The van der Waals surface area contributed by atoms with Gasteiger partial charge in [-0.1, -0.05) is 0 Å². The van der Waals surface area contributed by atoms with E-state index in [0.717, 1.165) is 0 Å². The normalized spacial score (nSPS) is 13.4. The van der Waals surface area contributed by atoms with Crippen molar-refractivity contribution in [1.82, 2.24) is 4.72 Å². The van der Waals surface area contributed by atoms with E-state index in [9.17, 15) is 8.42 Å². The summed E-state index contributed by atoms with van der Waals surface area (Å²) >= 11 is 5.56. The van der Waals surface area contributed by atoms with Crippen molar-refractivity contribution in [2.24, 2.45) is 0 Å². The topological polar surface area (TPSA) is 55.4 Å². The summed E-state index contributed by atoms with van der Waals surface area (Å²) in [5.41, 5.74) is 0. The summed E-state index contributed by atoms with van der Waals surface area (Å²) in [7, 11) is -1.94. The summed E-state index contributed by atoms with van der Waals surface area (Å²) in [5, 5.41) is 0. The molecule has 0 heterocycles. The Hall–Kier alpha value is -0.780. The van der Waals surface area contributed by atoms with Gasteiger partial charge < -0.3 is 4.74 Å². The highest BCUT2D eigenvalue weighted by Crippen LogP contribution is 2.15. The van der Waals surface area contributed by atoms with E-state index in [1.807, 2.05) is 0 Å². The average Bonchev–Trinajstić information content (AvgIpc) is 2.28. The fraction of sp³-hybridized carbons (Fsp3) is 0.455. The second kappa shape index (κ2) is 6.23. The third-order valence-corrected chi connectivity index (χ3v) is 4.09. The highest BCUT2D eigenvalue weighted by atomic mass is 35.5. The number of halogens is 1. The molecular formula is C11H16ClNO3S. The van der Waals surface area contributed by atoms with E-state index in [0.29, 0.717) is 18.1 Å². The lowest BCUT2D eigenvalue weighted by atomic mass is 10.3. The van der Waals surface area contributed by atoms with E-state index in [1.165, 1.54) is 19.2 Å². The molecule has 0 spiro atoms. The first-order valence-corrected chi connectivity index (χ1v) is 7.23.